The van der Waals surface area contributed by atoms with Crippen LogP contribution >= 0.6 is 20.0 Å². The van der Waals surface area contributed by atoms with Gasteiger partial charge in [0, 0.05) is 0 Å². The van der Waals surface area contributed by atoms with Gasteiger partial charge in [-0.15, -0.1) is 12.2 Å². The van der Waals surface area contributed by atoms with Gasteiger partial charge in [-0.05, 0) is 13.1 Å². The van der Waals surface area contributed by atoms with Crippen molar-refractivity contribution >= 4 is 20.0 Å². The average Bonchev–Trinajstić information content (AvgIpc) is 1.83. The molecule has 0 nitrogen and oxygen atoms in total. The maximum atomic E-state index is 4.07. The highest BCUT2D eigenvalue weighted by atomic mass is 32.7. The fourth-order valence-electron chi connectivity index (χ4n) is 0.278. The first-order valence-electron chi connectivity index (χ1n) is 2.20. The summed E-state index contributed by atoms with van der Waals surface area (Å²) in [4.78, 5) is 0. The van der Waals surface area contributed by atoms with Gasteiger partial charge in [-0.2, -0.15) is 0 Å². The molecule has 0 aromatic carbocycles. The van der Waals surface area contributed by atoms with Gasteiger partial charge >= 0.3 is 0 Å². The van der Waals surface area contributed by atoms with Crippen molar-refractivity contribution in [1.82, 2.24) is 0 Å². The van der Waals surface area contributed by atoms with Crippen LogP contribution in [0.25, 0.3) is 0 Å². The lowest BCUT2D eigenvalue weighted by Gasteiger charge is -1.88. The molecule has 8 heavy (non-hydrogen) atoms. The Hall–Kier alpha value is -0.0000000000000000555. The molecule has 0 N–H and O–H groups in total. The van der Waals surface area contributed by atoms with Crippen LogP contribution < -0.4 is 0 Å². The fraction of sp³-hybridized carbons (Fsp3) is 0. The van der Waals surface area contributed by atoms with Crippen molar-refractivity contribution in [2.45, 2.75) is 0 Å². The first-order valence-corrected chi connectivity index (χ1v) is 4.49. The van der Waals surface area contributed by atoms with Gasteiger partial charge in [0.25, 0.3) is 0 Å². The molecule has 0 aliphatic rings. The zero-order valence-corrected chi connectivity index (χ0v) is 6.49. The molecule has 0 bridgehead atoms. The predicted molar refractivity (Wildman–Crippen MR) is 45.8 cm³/mol. The number of thiol groups is 1. The minimum absolute atomic E-state index is 0.522. The van der Waals surface area contributed by atoms with Gasteiger partial charge in [-0.1, -0.05) is 31.4 Å². The Balaban J connectivity index is 3.84. The molecule has 1 atom stereocenters. The SMILES string of the molecule is C=C/C=C(\C=C)PS. The van der Waals surface area contributed by atoms with E-state index in [4.69, 9.17) is 0 Å². The van der Waals surface area contributed by atoms with Crippen molar-refractivity contribution in [2.75, 3.05) is 0 Å². The van der Waals surface area contributed by atoms with Gasteiger partial charge in [-0.25, -0.2) is 0 Å². The summed E-state index contributed by atoms with van der Waals surface area (Å²) in [6.45, 7) is 7.14. The summed E-state index contributed by atoms with van der Waals surface area (Å²) in [5, 5.41) is 1.13. The predicted octanol–water partition coefficient (Wildman–Crippen LogP) is 2.77. The van der Waals surface area contributed by atoms with Gasteiger partial charge in [-0.3, -0.25) is 0 Å². The molecule has 0 spiro atoms. The quantitative estimate of drug-likeness (QED) is 0.351. The maximum absolute atomic E-state index is 4.07. The van der Waals surface area contributed by atoms with E-state index in [-0.39, 0.29) is 0 Å². The summed E-state index contributed by atoms with van der Waals surface area (Å²) >= 11 is 4.07. The molecule has 0 aromatic rings. The van der Waals surface area contributed by atoms with Crippen LogP contribution in [-0.2, 0) is 0 Å². The Morgan fingerprint density at radius 2 is 2.12 bits per heavy atom. The lowest BCUT2D eigenvalue weighted by atomic mass is 10.5. The van der Waals surface area contributed by atoms with E-state index in [1.165, 1.54) is 0 Å². The van der Waals surface area contributed by atoms with Crippen LogP contribution in [0.3, 0.4) is 0 Å². The third-order valence-electron chi connectivity index (χ3n) is 0.646. The first kappa shape index (κ1) is 8.00. The zero-order valence-electron chi connectivity index (χ0n) is 4.59. The average molecular weight is 144 g/mol. The highest BCUT2D eigenvalue weighted by Gasteiger charge is 1.79. The topological polar surface area (TPSA) is 0 Å². The fourth-order valence-corrected chi connectivity index (χ4v) is 1.06. The zero-order chi connectivity index (χ0) is 6.41. The van der Waals surface area contributed by atoms with Crippen LogP contribution in [0.2, 0.25) is 0 Å². The smallest absolute Gasteiger partial charge is 0.0176 e. The van der Waals surface area contributed by atoms with Crippen LogP contribution in [0.4, 0.5) is 0 Å². The molecule has 0 amide bonds. The molecule has 0 rings (SSSR count). The molecule has 0 radical (unpaired) electrons. The largest absolute Gasteiger partial charge is 0.150 e. The summed E-state index contributed by atoms with van der Waals surface area (Å²) in [7, 11) is 0.522. The highest BCUT2D eigenvalue weighted by Crippen LogP contribution is 2.27. The molecule has 0 fully saturated rings. The number of hydrogen-bond donors (Lipinski definition) is 1. The number of allylic oxidation sites excluding steroid dienone is 4. The Morgan fingerprint density at radius 3 is 2.25 bits per heavy atom. The van der Waals surface area contributed by atoms with Gasteiger partial charge in [0.05, 0.1) is 0 Å². The molecular formula is C6H9PS. The highest BCUT2D eigenvalue weighted by molar-refractivity contribution is 8.39. The molecule has 1 unspecified atom stereocenters. The van der Waals surface area contributed by atoms with Crippen molar-refractivity contribution in [3.05, 3.63) is 36.7 Å². The molecule has 2 heteroatoms. The van der Waals surface area contributed by atoms with E-state index in [0.29, 0.717) is 7.78 Å². The van der Waals surface area contributed by atoms with Crippen molar-refractivity contribution in [3.8, 4) is 0 Å². The second kappa shape index (κ2) is 5.14. The Kier molecular flexibility index (Phi) is 5.14. The number of hydrogen-bond acceptors (Lipinski definition) is 1. The third-order valence-corrected chi connectivity index (χ3v) is 2.05. The molecule has 0 aromatic heterocycles. The van der Waals surface area contributed by atoms with Crippen molar-refractivity contribution in [2.24, 2.45) is 0 Å². The molecule has 0 saturated carbocycles. The Morgan fingerprint density at radius 1 is 1.50 bits per heavy atom. The normalized spacial score (nSPS) is 12.4. The van der Waals surface area contributed by atoms with E-state index in [0.717, 1.165) is 5.31 Å². The Labute approximate surface area is 57.3 Å². The minimum Gasteiger partial charge on any atom is -0.150 e. The monoisotopic (exact) mass is 144 g/mol. The summed E-state index contributed by atoms with van der Waals surface area (Å²) in [5.41, 5.74) is 0. The molecular weight excluding hydrogens is 135 g/mol. The first-order chi connectivity index (χ1) is 3.85. The number of rotatable bonds is 3. The van der Waals surface area contributed by atoms with Crippen LogP contribution in [0.15, 0.2) is 36.7 Å². The summed E-state index contributed by atoms with van der Waals surface area (Å²) in [6, 6.07) is 0. The lowest BCUT2D eigenvalue weighted by molar-refractivity contribution is 1.92. The van der Waals surface area contributed by atoms with E-state index in [2.05, 4.69) is 25.4 Å². The second-order valence-electron chi connectivity index (χ2n) is 1.17. The third kappa shape index (κ3) is 3.06. The minimum atomic E-state index is 0.522. The van der Waals surface area contributed by atoms with Gasteiger partial charge in [0.1, 0.15) is 0 Å². The van der Waals surface area contributed by atoms with Crippen molar-refractivity contribution in [1.29, 1.82) is 0 Å². The van der Waals surface area contributed by atoms with Gasteiger partial charge in [0.15, 0.2) is 0 Å². The Bertz CT molecular complexity index is 116. The standard InChI is InChI=1S/C6H9PS/c1-3-5-6(4-2)7-8/h3-5,7-8H,1-2H2/b6-5+. The lowest BCUT2D eigenvalue weighted by Crippen LogP contribution is -1.55. The molecule has 0 aliphatic carbocycles. The van der Waals surface area contributed by atoms with E-state index in [1.807, 2.05) is 6.08 Å². The van der Waals surface area contributed by atoms with Crippen LogP contribution in [0, 0.1) is 0 Å². The van der Waals surface area contributed by atoms with E-state index < -0.39 is 0 Å². The molecule has 0 heterocycles. The maximum Gasteiger partial charge on any atom is -0.0176 e. The summed E-state index contributed by atoms with van der Waals surface area (Å²) < 4.78 is 0. The summed E-state index contributed by atoms with van der Waals surface area (Å²) in [5.74, 6) is 0. The van der Waals surface area contributed by atoms with E-state index >= 15 is 0 Å². The van der Waals surface area contributed by atoms with Crippen LogP contribution in [-0.4, -0.2) is 0 Å². The summed E-state index contributed by atoms with van der Waals surface area (Å²) in [6.07, 6.45) is 5.42. The van der Waals surface area contributed by atoms with Gasteiger partial charge < -0.3 is 0 Å². The van der Waals surface area contributed by atoms with E-state index in [1.54, 1.807) is 12.2 Å². The van der Waals surface area contributed by atoms with Crippen LogP contribution in [0.5, 0.6) is 0 Å². The van der Waals surface area contributed by atoms with E-state index in [9.17, 15) is 0 Å². The molecule has 44 valence electrons. The molecule has 0 saturated heterocycles. The van der Waals surface area contributed by atoms with Crippen molar-refractivity contribution in [3.63, 3.8) is 0 Å². The second-order valence-corrected chi connectivity index (χ2v) is 2.65. The van der Waals surface area contributed by atoms with Gasteiger partial charge in [0.2, 0.25) is 0 Å². The van der Waals surface area contributed by atoms with Crippen LogP contribution in [0.1, 0.15) is 0 Å². The molecule has 0 aliphatic heterocycles. The van der Waals surface area contributed by atoms with Crippen molar-refractivity contribution < 1.29 is 0 Å².